The lowest BCUT2D eigenvalue weighted by atomic mass is 10.1. The summed E-state index contributed by atoms with van der Waals surface area (Å²) in [7, 11) is 0. The average molecular weight is 441 g/mol. The number of amides is 1. The van der Waals surface area contributed by atoms with Crippen LogP contribution in [-0.2, 0) is 13.1 Å². The molecule has 0 saturated carbocycles. The van der Waals surface area contributed by atoms with Crippen LogP contribution in [0.2, 0.25) is 0 Å². The number of rotatable bonds is 9. The van der Waals surface area contributed by atoms with E-state index in [-0.39, 0.29) is 18.3 Å². The zero-order valence-electron chi connectivity index (χ0n) is 18.0. The van der Waals surface area contributed by atoms with Gasteiger partial charge in [-0.25, -0.2) is 9.38 Å². The van der Waals surface area contributed by atoms with Crippen molar-refractivity contribution in [2.75, 3.05) is 6.54 Å². The number of carbonyl (C=O) groups excluding carboxylic acids is 1. The fourth-order valence-corrected chi connectivity index (χ4v) is 4.37. The molecule has 2 aromatic carbocycles. The third-order valence-corrected chi connectivity index (χ3v) is 5.81. The predicted octanol–water partition coefficient (Wildman–Crippen LogP) is 4.60. The van der Waals surface area contributed by atoms with E-state index >= 15 is 0 Å². The Balaban J connectivity index is 1.87. The largest absolute Gasteiger partial charge is 0.347 e. The van der Waals surface area contributed by atoms with Crippen LogP contribution in [0.1, 0.15) is 46.4 Å². The van der Waals surface area contributed by atoms with Gasteiger partial charge in [0.25, 0.3) is 5.91 Å². The summed E-state index contributed by atoms with van der Waals surface area (Å²) in [4.78, 5) is 18.5. The molecule has 0 radical (unpaired) electrons. The van der Waals surface area contributed by atoms with Gasteiger partial charge in [0.05, 0.1) is 5.69 Å². The van der Waals surface area contributed by atoms with Gasteiger partial charge in [-0.3, -0.25) is 4.79 Å². The summed E-state index contributed by atoms with van der Waals surface area (Å²) in [6.45, 7) is 5.56. The van der Waals surface area contributed by atoms with Crippen molar-refractivity contribution < 1.29 is 9.18 Å². The summed E-state index contributed by atoms with van der Waals surface area (Å²) in [5.41, 5.74) is 9.77. The molecule has 0 aliphatic rings. The molecule has 1 aromatic heterocycles. The van der Waals surface area contributed by atoms with Gasteiger partial charge in [0.2, 0.25) is 0 Å². The minimum Gasteiger partial charge on any atom is -0.347 e. The normalized spacial score (nSPS) is 11.7. The lowest BCUT2D eigenvalue weighted by Crippen LogP contribution is -2.29. The first-order valence-electron chi connectivity index (χ1n) is 10.5. The first kappa shape index (κ1) is 22.9. The van der Waals surface area contributed by atoms with Gasteiger partial charge in [-0.2, -0.15) is 0 Å². The van der Waals surface area contributed by atoms with E-state index in [9.17, 15) is 9.18 Å². The highest BCUT2D eigenvalue weighted by Gasteiger charge is 2.14. The third-order valence-electron chi connectivity index (χ3n) is 4.94. The molecule has 0 atom stereocenters. The molecule has 5 nitrogen and oxygen atoms in total. The van der Waals surface area contributed by atoms with Crippen LogP contribution in [0, 0.1) is 19.7 Å². The van der Waals surface area contributed by atoms with Gasteiger partial charge in [0, 0.05) is 24.0 Å². The lowest BCUT2D eigenvalue weighted by molar-refractivity contribution is 0.0940. The number of aromatic nitrogens is 1. The van der Waals surface area contributed by atoms with Crippen LogP contribution in [0.3, 0.4) is 0 Å². The number of nitrogens with zero attached hydrogens (tertiary/aromatic N) is 2. The molecule has 7 heteroatoms. The highest BCUT2D eigenvalue weighted by Crippen LogP contribution is 2.17. The summed E-state index contributed by atoms with van der Waals surface area (Å²) in [5, 5.41) is 4.66. The second kappa shape index (κ2) is 11.0. The molecule has 31 heavy (non-hydrogen) atoms. The van der Waals surface area contributed by atoms with E-state index in [0.29, 0.717) is 24.3 Å². The van der Waals surface area contributed by atoms with Gasteiger partial charge in [0.1, 0.15) is 11.5 Å². The number of hydrogen-bond acceptors (Lipinski definition) is 4. The Morgan fingerprint density at radius 2 is 1.87 bits per heavy atom. The van der Waals surface area contributed by atoms with Gasteiger partial charge < -0.3 is 15.6 Å². The fourth-order valence-electron chi connectivity index (χ4n) is 3.44. The number of thiazole rings is 1. The van der Waals surface area contributed by atoms with Gasteiger partial charge in [-0.15, -0.1) is 11.3 Å². The van der Waals surface area contributed by atoms with Gasteiger partial charge in [-0.05, 0) is 62.6 Å². The van der Waals surface area contributed by atoms with Crippen molar-refractivity contribution in [3.8, 4) is 0 Å². The summed E-state index contributed by atoms with van der Waals surface area (Å²) in [6.07, 6.45) is 2.84. The van der Waals surface area contributed by atoms with E-state index in [2.05, 4.69) is 11.4 Å². The summed E-state index contributed by atoms with van der Waals surface area (Å²) >= 11 is 1.44. The molecule has 0 unspecified atom stereocenters. The summed E-state index contributed by atoms with van der Waals surface area (Å²) in [6, 6.07) is 12.6. The molecule has 0 aliphatic carbocycles. The van der Waals surface area contributed by atoms with Crippen molar-refractivity contribution in [3.05, 3.63) is 80.8 Å². The molecular weight excluding hydrogens is 411 g/mol. The summed E-state index contributed by atoms with van der Waals surface area (Å²) < 4.78 is 15.8. The topological polar surface area (TPSA) is 72.4 Å². The first-order chi connectivity index (χ1) is 15.0. The number of hydrogen-bond donors (Lipinski definition) is 2. The van der Waals surface area contributed by atoms with Gasteiger partial charge >= 0.3 is 0 Å². The monoisotopic (exact) mass is 440 g/mol. The number of aryl methyl sites for hydroxylation is 2. The maximum absolute atomic E-state index is 13.9. The quantitative estimate of drug-likeness (QED) is 0.478. The Morgan fingerprint density at radius 1 is 1.13 bits per heavy atom. The molecule has 0 spiro atoms. The average Bonchev–Trinajstić information content (AvgIpc) is 3.12. The van der Waals surface area contributed by atoms with E-state index < -0.39 is 0 Å². The number of nitrogens with one attached hydrogen (secondary N) is 1. The smallest absolute Gasteiger partial charge is 0.269 e. The number of nitrogens with two attached hydrogens (primary N) is 1. The van der Waals surface area contributed by atoms with Crippen molar-refractivity contribution in [2.45, 2.75) is 46.2 Å². The zero-order chi connectivity index (χ0) is 22.2. The molecule has 3 rings (SSSR count). The Morgan fingerprint density at radius 3 is 2.58 bits per heavy atom. The standard InChI is InChI=1S/C24H29FN4OS/c1-17-12-18(2)14-20(13-17)28-24-29(11-7-3-6-10-26)22(16-31-24)23(30)27-15-19-8-4-5-9-21(19)25/h4-5,8-9,12-14,16H,3,6-7,10-11,15,26H2,1-2H3,(H,27,30). The van der Waals surface area contributed by atoms with E-state index in [1.54, 1.807) is 18.2 Å². The Labute approximate surface area is 186 Å². The summed E-state index contributed by atoms with van der Waals surface area (Å²) in [5.74, 6) is -0.562. The molecule has 1 heterocycles. The SMILES string of the molecule is Cc1cc(C)cc(N=c2scc(C(=O)NCc3ccccc3F)n2CCCCCN)c1. The van der Waals surface area contributed by atoms with Crippen LogP contribution < -0.4 is 15.9 Å². The molecule has 0 bridgehead atoms. The number of carbonyl (C=O) groups is 1. The fraction of sp³-hybridized carbons (Fsp3) is 0.333. The number of benzene rings is 2. The van der Waals surface area contributed by atoms with Crippen LogP contribution in [0.4, 0.5) is 10.1 Å². The van der Waals surface area contributed by atoms with Crippen molar-refractivity contribution in [3.63, 3.8) is 0 Å². The van der Waals surface area contributed by atoms with Gasteiger partial charge in [0.15, 0.2) is 4.80 Å². The minimum absolute atomic E-state index is 0.137. The first-order valence-corrected chi connectivity index (χ1v) is 11.4. The second-order valence-electron chi connectivity index (χ2n) is 7.64. The van der Waals surface area contributed by atoms with Crippen molar-refractivity contribution >= 4 is 22.9 Å². The number of unbranched alkanes of at least 4 members (excludes halogenated alkanes) is 2. The number of halogens is 1. The Bertz CT molecular complexity index is 1080. The lowest BCUT2D eigenvalue weighted by Gasteiger charge is -2.10. The molecule has 3 aromatic rings. The van der Waals surface area contributed by atoms with Gasteiger partial charge in [-0.1, -0.05) is 30.7 Å². The van der Waals surface area contributed by atoms with E-state index in [4.69, 9.17) is 10.7 Å². The van der Waals surface area contributed by atoms with Crippen molar-refractivity contribution in [2.24, 2.45) is 10.7 Å². The van der Waals surface area contributed by atoms with Crippen molar-refractivity contribution in [1.29, 1.82) is 0 Å². The van der Waals surface area contributed by atoms with E-state index in [1.165, 1.54) is 17.4 Å². The molecular formula is C24H29FN4OS. The van der Waals surface area contributed by atoms with E-state index in [1.807, 2.05) is 35.9 Å². The molecule has 3 N–H and O–H groups in total. The molecule has 0 aliphatic heterocycles. The highest BCUT2D eigenvalue weighted by molar-refractivity contribution is 7.07. The van der Waals surface area contributed by atoms with Crippen LogP contribution in [-0.4, -0.2) is 17.0 Å². The minimum atomic E-state index is -0.326. The highest BCUT2D eigenvalue weighted by atomic mass is 32.1. The maximum Gasteiger partial charge on any atom is 0.269 e. The van der Waals surface area contributed by atoms with Crippen LogP contribution >= 0.6 is 11.3 Å². The molecule has 1 amide bonds. The Hall–Kier alpha value is -2.77. The molecule has 0 fully saturated rings. The Kier molecular flexibility index (Phi) is 8.14. The van der Waals surface area contributed by atoms with Crippen molar-refractivity contribution in [1.82, 2.24) is 9.88 Å². The van der Waals surface area contributed by atoms with Crippen LogP contribution in [0.15, 0.2) is 52.8 Å². The molecule has 164 valence electrons. The predicted molar refractivity (Wildman–Crippen MR) is 124 cm³/mol. The zero-order valence-corrected chi connectivity index (χ0v) is 18.8. The van der Waals surface area contributed by atoms with Crippen LogP contribution in [0.25, 0.3) is 0 Å². The maximum atomic E-state index is 13.9. The van der Waals surface area contributed by atoms with Crippen LogP contribution in [0.5, 0.6) is 0 Å². The molecule has 0 saturated heterocycles. The second-order valence-corrected chi connectivity index (χ2v) is 8.47. The van der Waals surface area contributed by atoms with E-state index in [0.717, 1.165) is 40.9 Å². The third kappa shape index (κ3) is 6.35.